The molecule has 2 rings (SSSR count). The van der Waals surface area contributed by atoms with E-state index >= 15 is 0 Å². The Kier molecular flexibility index (Phi) is 5.90. The largest absolute Gasteiger partial charge is 0.372 e. The van der Waals surface area contributed by atoms with Gasteiger partial charge < -0.3 is 4.74 Å². The Morgan fingerprint density at radius 3 is 1.43 bits per heavy atom. The first kappa shape index (κ1) is 16.7. The molecule has 0 amide bonds. The Hall–Kier alpha value is -2.64. The van der Waals surface area contributed by atoms with E-state index in [-0.39, 0.29) is 0 Å². The summed E-state index contributed by atoms with van der Waals surface area (Å²) in [7, 11) is 0. The number of hydrogen-bond acceptors (Lipinski definition) is 1. The van der Waals surface area contributed by atoms with Gasteiger partial charge in [-0.1, -0.05) is 74.9 Å². The molecule has 0 aliphatic heterocycles. The predicted molar refractivity (Wildman–Crippen MR) is 102 cm³/mol. The summed E-state index contributed by atoms with van der Waals surface area (Å²) in [4.78, 5) is 0. The van der Waals surface area contributed by atoms with Crippen LogP contribution in [0.4, 0.5) is 0 Å². The van der Waals surface area contributed by atoms with Gasteiger partial charge in [-0.25, -0.2) is 0 Å². The lowest BCUT2D eigenvalue weighted by atomic mass is 10.0. The molecule has 0 aromatic heterocycles. The zero-order chi connectivity index (χ0) is 16.7. The van der Waals surface area contributed by atoms with E-state index in [0.29, 0.717) is 13.2 Å². The van der Waals surface area contributed by atoms with Crippen molar-refractivity contribution in [2.24, 2.45) is 0 Å². The molecule has 0 saturated heterocycles. The Morgan fingerprint density at radius 1 is 0.652 bits per heavy atom. The van der Waals surface area contributed by atoms with Crippen molar-refractivity contribution in [1.29, 1.82) is 0 Å². The van der Waals surface area contributed by atoms with E-state index in [0.717, 1.165) is 33.4 Å². The fourth-order valence-electron chi connectivity index (χ4n) is 2.39. The number of hydrogen-bond donors (Lipinski definition) is 0. The molecular formula is C22H22O. The molecule has 23 heavy (non-hydrogen) atoms. The predicted octanol–water partition coefficient (Wildman–Crippen LogP) is 5.98. The van der Waals surface area contributed by atoms with Crippen molar-refractivity contribution in [2.75, 3.05) is 0 Å². The monoisotopic (exact) mass is 302 g/mol. The van der Waals surface area contributed by atoms with Gasteiger partial charge in [0, 0.05) is 0 Å². The summed E-state index contributed by atoms with van der Waals surface area (Å²) in [5.41, 5.74) is 6.55. The average molecular weight is 302 g/mol. The minimum atomic E-state index is 0.540. The van der Waals surface area contributed by atoms with E-state index < -0.39 is 0 Å². The lowest BCUT2D eigenvalue weighted by Gasteiger charge is -2.11. The van der Waals surface area contributed by atoms with Crippen molar-refractivity contribution < 1.29 is 4.74 Å². The summed E-state index contributed by atoms with van der Waals surface area (Å²) < 4.78 is 5.89. The number of ether oxygens (including phenoxy) is 1. The van der Waals surface area contributed by atoms with Crippen LogP contribution in [0.3, 0.4) is 0 Å². The molecule has 0 bridgehead atoms. The molecule has 0 N–H and O–H groups in total. The van der Waals surface area contributed by atoms with Crippen molar-refractivity contribution in [2.45, 2.75) is 13.2 Å². The molecule has 2 aromatic carbocycles. The summed E-state index contributed by atoms with van der Waals surface area (Å²) in [6, 6.07) is 12.3. The summed E-state index contributed by atoms with van der Waals surface area (Å²) in [5.74, 6) is 0. The minimum absolute atomic E-state index is 0.540. The molecule has 0 unspecified atom stereocenters. The van der Waals surface area contributed by atoms with Crippen molar-refractivity contribution in [3.63, 3.8) is 0 Å². The van der Waals surface area contributed by atoms with E-state index in [1.165, 1.54) is 0 Å². The Balaban J connectivity index is 2.08. The van der Waals surface area contributed by atoms with Gasteiger partial charge in [-0.3, -0.25) is 0 Å². The van der Waals surface area contributed by atoms with Gasteiger partial charge in [0.15, 0.2) is 0 Å². The normalized spacial score (nSPS) is 10.1. The van der Waals surface area contributed by atoms with Crippen LogP contribution in [0.25, 0.3) is 24.3 Å². The highest BCUT2D eigenvalue weighted by molar-refractivity contribution is 5.60. The highest BCUT2D eigenvalue weighted by Gasteiger charge is 2.04. The maximum atomic E-state index is 5.89. The SMILES string of the molecule is C=Cc1ccc(COCc2ccc(C=C)cc2C=C)c(C=C)c1. The second-order valence-electron chi connectivity index (χ2n) is 5.23. The van der Waals surface area contributed by atoms with E-state index in [9.17, 15) is 0 Å². The molecule has 0 spiro atoms. The summed E-state index contributed by atoms with van der Waals surface area (Å²) in [6.07, 6.45) is 7.35. The third-order valence-corrected chi connectivity index (χ3v) is 3.77. The van der Waals surface area contributed by atoms with Crippen LogP contribution >= 0.6 is 0 Å². The third kappa shape index (κ3) is 4.18. The highest BCUT2D eigenvalue weighted by atomic mass is 16.5. The molecule has 0 heterocycles. The van der Waals surface area contributed by atoms with Crippen molar-refractivity contribution in [1.82, 2.24) is 0 Å². The van der Waals surface area contributed by atoms with Crippen LogP contribution in [-0.2, 0) is 18.0 Å². The van der Waals surface area contributed by atoms with Gasteiger partial charge in [-0.15, -0.1) is 0 Å². The number of rotatable bonds is 8. The van der Waals surface area contributed by atoms with Gasteiger partial charge in [0.1, 0.15) is 0 Å². The zero-order valence-electron chi connectivity index (χ0n) is 13.4. The third-order valence-electron chi connectivity index (χ3n) is 3.77. The van der Waals surface area contributed by atoms with E-state index in [2.05, 4.69) is 50.6 Å². The smallest absolute Gasteiger partial charge is 0.0727 e. The van der Waals surface area contributed by atoms with E-state index in [4.69, 9.17) is 4.74 Å². The van der Waals surface area contributed by atoms with Crippen LogP contribution in [0.15, 0.2) is 62.7 Å². The van der Waals surface area contributed by atoms with Crippen LogP contribution < -0.4 is 0 Å². The maximum absolute atomic E-state index is 5.89. The van der Waals surface area contributed by atoms with Gasteiger partial charge in [-0.05, 0) is 45.5 Å². The lowest BCUT2D eigenvalue weighted by Crippen LogP contribution is -1.98. The van der Waals surface area contributed by atoms with Crippen molar-refractivity contribution in [3.8, 4) is 0 Å². The standard InChI is InChI=1S/C22H22O/c1-5-17-9-11-21(19(7-3)13-17)15-23-16-22-12-10-18(6-2)14-20(22)8-4/h5-14H,1-4,15-16H2. The molecule has 0 aliphatic rings. The molecule has 0 fully saturated rings. The van der Waals surface area contributed by atoms with Crippen LogP contribution in [0.1, 0.15) is 33.4 Å². The summed E-state index contributed by atoms with van der Waals surface area (Å²) >= 11 is 0. The van der Waals surface area contributed by atoms with Crippen molar-refractivity contribution in [3.05, 3.63) is 96.1 Å². The Labute approximate surface area is 138 Å². The molecule has 0 atom stereocenters. The van der Waals surface area contributed by atoms with E-state index in [1.54, 1.807) is 0 Å². The van der Waals surface area contributed by atoms with Gasteiger partial charge in [0.25, 0.3) is 0 Å². The summed E-state index contributed by atoms with van der Waals surface area (Å²) in [6.45, 7) is 16.4. The van der Waals surface area contributed by atoms with Gasteiger partial charge >= 0.3 is 0 Å². The van der Waals surface area contributed by atoms with Crippen LogP contribution in [-0.4, -0.2) is 0 Å². The maximum Gasteiger partial charge on any atom is 0.0727 e. The molecule has 0 aliphatic carbocycles. The van der Waals surface area contributed by atoms with Gasteiger partial charge in [-0.2, -0.15) is 0 Å². The molecule has 1 heteroatoms. The summed E-state index contributed by atoms with van der Waals surface area (Å²) in [5, 5.41) is 0. The van der Waals surface area contributed by atoms with Crippen molar-refractivity contribution >= 4 is 24.3 Å². The first-order chi connectivity index (χ1) is 11.2. The second-order valence-corrected chi connectivity index (χ2v) is 5.23. The molecule has 0 saturated carbocycles. The molecule has 0 radical (unpaired) electrons. The Bertz CT molecular complexity index is 674. The van der Waals surface area contributed by atoms with Crippen LogP contribution in [0, 0.1) is 0 Å². The molecule has 1 nitrogen and oxygen atoms in total. The topological polar surface area (TPSA) is 9.23 Å². The fraction of sp³-hybridized carbons (Fsp3) is 0.0909. The zero-order valence-corrected chi connectivity index (χ0v) is 13.4. The first-order valence-electron chi connectivity index (χ1n) is 7.55. The highest BCUT2D eigenvalue weighted by Crippen LogP contribution is 2.19. The average Bonchev–Trinajstić information content (AvgIpc) is 2.61. The second kappa shape index (κ2) is 8.11. The van der Waals surface area contributed by atoms with E-state index in [1.807, 2.05) is 36.4 Å². The van der Waals surface area contributed by atoms with Gasteiger partial charge in [0.2, 0.25) is 0 Å². The Morgan fingerprint density at radius 2 is 1.09 bits per heavy atom. The van der Waals surface area contributed by atoms with Crippen LogP contribution in [0.2, 0.25) is 0 Å². The lowest BCUT2D eigenvalue weighted by molar-refractivity contribution is 0.107. The number of benzene rings is 2. The fourth-order valence-corrected chi connectivity index (χ4v) is 2.39. The molecular weight excluding hydrogens is 280 g/mol. The molecule has 116 valence electrons. The minimum Gasteiger partial charge on any atom is -0.372 e. The first-order valence-corrected chi connectivity index (χ1v) is 7.55. The molecule has 2 aromatic rings. The quantitative estimate of drug-likeness (QED) is 0.583. The van der Waals surface area contributed by atoms with Gasteiger partial charge in [0.05, 0.1) is 13.2 Å². The van der Waals surface area contributed by atoms with Crippen LogP contribution in [0.5, 0.6) is 0 Å².